The Morgan fingerprint density at radius 3 is 2.28 bits per heavy atom. The summed E-state index contributed by atoms with van der Waals surface area (Å²) >= 11 is 0. The zero-order valence-electron chi connectivity index (χ0n) is 22.9. The number of aromatic nitrogens is 3. The zero-order valence-corrected chi connectivity index (χ0v) is 22.9. The third-order valence-corrected chi connectivity index (χ3v) is 8.15. The molecule has 5 nitrogen and oxygen atoms in total. The average Bonchev–Trinajstić information content (AvgIpc) is 3.57. The van der Waals surface area contributed by atoms with Crippen LogP contribution in [0.3, 0.4) is 0 Å². The molecule has 0 aliphatic carbocycles. The number of alkyl halides is 3. The molecular formula is C30H32F4N4O. The third kappa shape index (κ3) is 3.88. The largest absolute Gasteiger partial charge is 0.402 e. The predicted molar refractivity (Wildman–Crippen MR) is 143 cm³/mol. The molecular weight excluding hydrogens is 508 g/mol. The van der Waals surface area contributed by atoms with Gasteiger partial charge in [-0.15, -0.1) is 0 Å². The van der Waals surface area contributed by atoms with Crippen LogP contribution in [0.1, 0.15) is 63.9 Å². The number of nitrogens with zero attached hydrogens (tertiary/aromatic N) is 3. The smallest absolute Gasteiger partial charge is 0.359 e. The number of fused-ring (bicyclic) bond motifs is 2. The van der Waals surface area contributed by atoms with Crippen LogP contribution in [-0.4, -0.2) is 31.7 Å². The molecule has 0 radical (unpaired) electrons. The van der Waals surface area contributed by atoms with Gasteiger partial charge in [0.05, 0.1) is 34.7 Å². The number of hydrogen-bond acceptors (Lipinski definition) is 2. The molecule has 5 rings (SSSR count). The highest BCUT2D eigenvalue weighted by Gasteiger charge is 2.58. The van der Waals surface area contributed by atoms with Crippen LogP contribution in [0.15, 0.2) is 42.6 Å². The molecule has 1 N–H and O–H groups in total. The van der Waals surface area contributed by atoms with Gasteiger partial charge in [-0.2, -0.15) is 18.3 Å². The number of nitrogens with one attached hydrogen (secondary N) is 1. The van der Waals surface area contributed by atoms with Crippen molar-refractivity contribution in [1.82, 2.24) is 19.7 Å². The van der Waals surface area contributed by atoms with E-state index in [1.54, 1.807) is 32.2 Å². The van der Waals surface area contributed by atoms with Crippen LogP contribution < -0.4 is 0 Å². The fourth-order valence-electron chi connectivity index (χ4n) is 5.61. The van der Waals surface area contributed by atoms with Gasteiger partial charge in [-0.25, -0.2) is 9.07 Å². The number of para-hydroxylation sites is 1. The molecule has 3 heterocycles. The van der Waals surface area contributed by atoms with Crippen LogP contribution in [0.2, 0.25) is 0 Å². The van der Waals surface area contributed by atoms with E-state index in [9.17, 15) is 22.4 Å². The summed E-state index contributed by atoms with van der Waals surface area (Å²) < 4.78 is 58.3. The number of rotatable bonds is 5. The summed E-state index contributed by atoms with van der Waals surface area (Å²) in [6, 6.07) is 10.9. The van der Waals surface area contributed by atoms with E-state index in [0.717, 1.165) is 43.5 Å². The monoisotopic (exact) mass is 540 g/mol. The first-order valence-corrected chi connectivity index (χ1v) is 13.1. The summed E-state index contributed by atoms with van der Waals surface area (Å²) in [7, 11) is 0. The molecule has 39 heavy (non-hydrogen) atoms. The molecule has 2 aromatic heterocycles. The Hall–Kier alpha value is -3.62. The number of carbonyl (C=O) groups excluding carboxylic acids is 1. The summed E-state index contributed by atoms with van der Waals surface area (Å²) in [5.74, 6) is -1.42. The number of aromatic amines is 1. The van der Waals surface area contributed by atoms with Gasteiger partial charge in [0, 0.05) is 22.7 Å². The molecule has 0 atom stereocenters. The Labute approximate surface area is 224 Å². The Morgan fingerprint density at radius 1 is 1.05 bits per heavy atom. The molecule has 0 saturated carbocycles. The van der Waals surface area contributed by atoms with E-state index in [2.05, 4.69) is 18.8 Å². The van der Waals surface area contributed by atoms with Crippen LogP contribution >= 0.6 is 0 Å². The van der Waals surface area contributed by atoms with E-state index in [4.69, 9.17) is 5.10 Å². The van der Waals surface area contributed by atoms with E-state index in [-0.39, 0.29) is 6.54 Å². The SMILES string of the molecule is CCc1cccc(CC)c1-n1nc2c(c1-c1ccc(F)c3[nH]ccc13)CN(C(=O)C(C)(C)C(F)(F)F)C2(C)C. The Morgan fingerprint density at radius 2 is 1.69 bits per heavy atom. The summed E-state index contributed by atoms with van der Waals surface area (Å²) in [4.78, 5) is 17.7. The van der Waals surface area contributed by atoms with Crippen LogP contribution in [0, 0.1) is 11.2 Å². The lowest BCUT2D eigenvalue weighted by atomic mass is 9.88. The minimum Gasteiger partial charge on any atom is -0.359 e. The number of carbonyl (C=O) groups is 1. The van der Waals surface area contributed by atoms with Crippen LogP contribution in [-0.2, 0) is 29.7 Å². The second-order valence-electron chi connectivity index (χ2n) is 11.2. The van der Waals surface area contributed by atoms with E-state index in [1.807, 2.05) is 22.9 Å². The third-order valence-electron chi connectivity index (χ3n) is 8.15. The molecule has 0 fully saturated rings. The first kappa shape index (κ1) is 27.0. The summed E-state index contributed by atoms with van der Waals surface area (Å²) in [5, 5.41) is 5.66. The van der Waals surface area contributed by atoms with Gasteiger partial charge in [-0.3, -0.25) is 4.79 Å². The molecule has 1 aliphatic heterocycles. The number of amides is 1. The zero-order chi connectivity index (χ0) is 28.5. The highest BCUT2D eigenvalue weighted by Crippen LogP contribution is 2.49. The van der Waals surface area contributed by atoms with Crippen molar-refractivity contribution >= 4 is 16.8 Å². The molecule has 0 unspecified atom stereocenters. The Bertz CT molecular complexity index is 1570. The topological polar surface area (TPSA) is 53.9 Å². The number of H-pyrrole nitrogens is 1. The lowest BCUT2D eigenvalue weighted by Gasteiger charge is -2.38. The van der Waals surface area contributed by atoms with Crippen molar-refractivity contribution in [2.24, 2.45) is 5.41 Å². The van der Waals surface area contributed by atoms with E-state index in [0.29, 0.717) is 33.4 Å². The Balaban J connectivity index is 1.81. The van der Waals surface area contributed by atoms with Gasteiger partial charge in [0.2, 0.25) is 5.91 Å². The first-order chi connectivity index (χ1) is 18.3. The molecule has 2 aromatic carbocycles. The van der Waals surface area contributed by atoms with Gasteiger partial charge in [0.25, 0.3) is 0 Å². The summed E-state index contributed by atoms with van der Waals surface area (Å²) in [6.07, 6.45) is -1.58. The van der Waals surface area contributed by atoms with Gasteiger partial charge in [0.1, 0.15) is 11.2 Å². The molecule has 206 valence electrons. The molecule has 1 aliphatic rings. The normalized spacial score (nSPS) is 15.3. The fourth-order valence-corrected chi connectivity index (χ4v) is 5.61. The lowest BCUT2D eigenvalue weighted by molar-refractivity contribution is -0.220. The van der Waals surface area contributed by atoms with Crippen molar-refractivity contribution in [2.45, 2.75) is 72.6 Å². The number of hydrogen-bond donors (Lipinski definition) is 1. The summed E-state index contributed by atoms with van der Waals surface area (Å²) in [5.41, 5.74) is 2.21. The van der Waals surface area contributed by atoms with Crippen LogP contribution in [0.25, 0.3) is 27.8 Å². The highest BCUT2D eigenvalue weighted by molar-refractivity contribution is 5.96. The van der Waals surface area contributed by atoms with E-state index in [1.165, 1.54) is 11.0 Å². The van der Waals surface area contributed by atoms with Gasteiger partial charge in [-0.1, -0.05) is 32.0 Å². The fraction of sp³-hybridized carbons (Fsp3) is 0.400. The second kappa shape index (κ2) is 8.96. The van der Waals surface area contributed by atoms with Gasteiger partial charge in [0.15, 0.2) is 0 Å². The minimum absolute atomic E-state index is 0.0466. The highest BCUT2D eigenvalue weighted by atomic mass is 19.4. The maximum atomic E-state index is 14.7. The van der Waals surface area contributed by atoms with Crippen molar-refractivity contribution in [2.75, 3.05) is 0 Å². The maximum absolute atomic E-state index is 14.7. The van der Waals surface area contributed by atoms with Crippen molar-refractivity contribution in [3.05, 3.63) is 70.8 Å². The molecule has 0 saturated heterocycles. The van der Waals surface area contributed by atoms with Gasteiger partial charge in [-0.05, 0) is 69.9 Å². The molecule has 0 bridgehead atoms. The summed E-state index contributed by atoms with van der Waals surface area (Å²) in [6.45, 7) is 9.35. The Kier molecular flexibility index (Phi) is 6.20. The second-order valence-corrected chi connectivity index (χ2v) is 11.2. The van der Waals surface area contributed by atoms with Crippen molar-refractivity contribution in [3.63, 3.8) is 0 Å². The minimum atomic E-state index is -4.72. The average molecular weight is 541 g/mol. The van der Waals surface area contributed by atoms with Crippen molar-refractivity contribution < 1.29 is 22.4 Å². The van der Waals surface area contributed by atoms with E-state index < -0.39 is 28.9 Å². The number of benzene rings is 2. The molecule has 4 aromatic rings. The van der Waals surface area contributed by atoms with Gasteiger partial charge >= 0.3 is 6.18 Å². The first-order valence-electron chi connectivity index (χ1n) is 13.1. The van der Waals surface area contributed by atoms with Crippen molar-refractivity contribution in [1.29, 1.82) is 0 Å². The molecule has 9 heteroatoms. The van der Waals surface area contributed by atoms with E-state index >= 15 is 0 Å². The van der Waals surface area contributed by atoms with Crippen LogP contribution in [0.4, 0.5) is 17.6 Å². The van der Waals surface area contributed by atoms with Crippen molar-refractivity contribution in [3.8, 4) is 16.9 Å². The molecule has 0 spiro atoms. The standard InChI is InChI=1S/C30H32F4N4O/c1-7-17-10-9-11-18(8-2)24(17)38-25(20-12-13-22(31)23-19(20)14-15-35-23)21-16-37(29(5,6)26(21)36-38)27(39)28(3,4)30(32,33)34/h9-15,35H,7-8,16H2,1-6H3. The van der Waals surface area contributed by atoms with Gasteiger partial charge < -0.3 is 9.88 Å². The number of halogens is 4. The predicted octanol–water partition coefficient (Wildman–Crippen LogP) is 7.45. The van der Waals surface area contributed by atoms with Crippen LogP contribution in [0.5, 0.6) is 0 Å². The lowest BCUT2D eigenvalue weighted by Crippen LogP contribution is -2.52. The molecule has 1 amide bonds. The quantitative estimate of drug-likeness (QED) is 0.267. The number of aryl methyl sites for hydroxylation is 2. The maximum Gasteiger partial charge on any atom is 0.402 e.